The quantitative estimate of drug-likeness (QED) is 0.747. The molecule has 0 radical (unpaired) electrons. The summed E-state index contributed by atoms with van der Waals surface area (Å²) in [5.41, 5.74) is 7.65. The van der Waals surface area contributed by atoms with Crippen molar-refractivity contribution in [1.82, 2.24) is 4.90 Å². The van der Waals surface area contributed by atoms with E-state index in [0.717, 1.165) is 37.0 Å². The second-order valence-corrected chi connectivity index (χ2v) is 4.81. The molecular formula is C12H18N2O3. The zero-order valence-electron chi connectivity index (χ0n) is 9.98. The van der Waals surface area contributed by atoms with Crippen molar-refractivity contribution in [2.24, 2.45) is 5.73 Å². The molecule has 0 aromatic carbocycles. The lowest BCUT2D eigenvalue weighted by Gasteiger charge is -2.27. The fourth-order valence-electron chi connectivity index (χ4n) is 2.68. The molecule has 0 aromatic heterocycles. The second-order valence-electron chi connectivity index (χ2n) is 4.81. The Morgan fingerprint density at radius 3 is 2.65 bits per heavy atom. The molecule has 1 aliphatic heterocycles. The van der Waals surface area contributed by atoms with E-state index in [1.807, 2.05) is 0 Å². The molecule has 1 aliphatic carbocycles. The van der Waals surface area contributed by atoms with Gasteiger partial charge in [0, 0.05) is 12.1 Å². The lowest BCUT2D eigenvalue weighted by Crippen LogP contribution is -2.47. The van der Waals surface area contributed by atoms with E-state index < -0.39 is 18.1 Å². The van der Waals surface area contributed by atoms with Crippen LogP contribution in [0.4, 0.5) is 0 Å². The zero-order valence-corrected chi connectivity index (χ0v) is 9.98. The van der Waals surface area contributed by atoms with Crippen molar-refractivity contribution in [2.75, 3.05) is 0 Å². The number of allylic oxidation sites excluding steroid dienone is 1. The van der Waals surface area contributed by atoms with Gasteiger partial charge in [0.05, 0.1) is 6.04 Å². The Hall–Kier alpha value is -1.36. The molecule has 5 heteroatoms. The summed E-state index contributed by atoms with van der Waals surface area (Å²) in [6.45, 7) is 1.60. The maximum Gasteiger partial charge on any atom is 0.327 e. The zero-order chi connectivity index (χ0) is 12.6. The number of aliphatic carboxylic acids is 1. The smallest absolute Gasteiger partial charge is 0.327 e. The van der Waals surface area contributed by atoms with Crippen LogP contribution < -0.4 is 5.73 Å². The van der Waals surface area contributed by atoms with Gasteiger partial charge in [-0.3, -0.25) is 4.79 Å². The van der Waals surface area contributed by atoms with Crippen LogP contribution in [0.1, 0.15) is 39.0 Å². The molecule has 0 aromatic rings. The first-order chi connectivity index (χ1) is 8.02. The van der Waals surface area contributed by atoms with E-state index in [-0.39, 0.29) is 5.91 Å². The molecule has 17 heavy (non-hydrogen) atoms. The molecule has 0 unspecified atom stereocenters. The molecule has 3 N–H and O–H groups in total. The lowest BCUT2D eigenvalue weighted by atomic mass is 9.96. The minimum absolute atomic E-state index is 0.274. The Labute approximate surface area is 100 Å². The Morgan fingerprint density at radius 1 is 1.41 bits per heavy atom. The monoisotopic (exact) mass is 238 g/mol. The molecule has 0 bridgehead atoms. The molecular weight excluding hydrogens is 220 g/mol. The highest BCUT2D eigenvalue weighted by Gasteiger charge is 2.41. The Bertz CT molecular complexity index is 387. The van der Waals surface area contributed by atoms with Crippen LogP contribution in [0.2, 0.25) is 0 Å². The van der Waals surface area contributed by atoms with Crippen molar-refractivity contribution < 1.29 is 14.7 Å². The summed E-state index contributed by atoms with van der Waals surface area (Å²) >= 11 is 0. The van der Waals surface area contributed by atoms with Crippen molar-refractivity contribution in [2.45, 2.75) is 51.1 Å². The average Bonchev–Trinajstić information content (AvgIpc) is 2.67. The van der Waals surface area contributed by atoms with Gasteiger partial charge in [-0.15, -0.1) is 0 Å². The molecule has 1 heterocycles. The van der Waals surface area contributed by atoms with Gasteiger partial charge in [0.2, 0.25) is 5.91 Å². The van der Waals surface area contributed by atoms with E-state index >= 15 is 0 Å². The Morgan fingerprint density at radius 2 is 2.06 bits per heavy atom. The molecule has 0 saturated carbocycles. The van der Waals surface area contributed by atoms with E-state index in [2.05, 4.69) is 0 Å². The standard InChI is InChI=1S/C12H18N2O3/c1-7(13)11(15)14-9-5-3-2-4-8(9)6-10(14)12(16)17/h7,10H,2-6,13H2,1H3,(H,16,17)/t7-,10-/m0/s1. The van der Waals surface area contributed by atoms with E-state index in [1.54, 1.807) is 6.92 Å². The third kappa shape index (κ3) is 2.07. The fraction of sp³-hybridized carbons (Fsp3) is 0.667. The van der Waals surface area contributed by atoms with Crippen LogP contribution in [-0.4, -0.2) is 34.0 Å². The highest BCUT2D eigenvalue weighted by molar-refractivity contribution is 5.89. The highest BCUT2D eigenvalue weighted by atomic mass is 16.4. The first-order valence-electron chi connectivity index (χ1n) is 6.04. The largest absolute Gasteiger partial charge is 0.480 e. The number of rotatable bonds is 2. The maximum absolute atomic E-state index is 12.0. The van der Waals surface area contributed by atoms with Gasteiger partial charge in [0.25, 0.3) is 0 Å². The van der Waals surface area contributed by atoms with E-state index in [9.17, 15) is 14.7 Å². The van der Waals surface area contributed by atoms with Gasteiger partial charge >= 0.3 is 5.97 Å². The van der Waals surface area contributed by atoms with Gasteiger partial charge in [-0.2, -0.15) is 0 Å². The summed E-state index contributed by atoms with van der Waals surface area (Å²) in [5.74, 6) is -1.21. The van der Waals surface area contributed by atoms with E-state index in [1.165, 1.54) is 4.90 Å². The number of carboxylic acid groups (broad SMARTS) is 1. The van der Waals surface area contributed by atoms with Crippen molar-refractivity contribution in [3.05, 3.63) is 11.3 Å². The number of carboxylic acids is 1. The van der Waals surface area contributed by atoms with Crippen LogP contribution in [0.15, 0.2) is 11.3 Å². The topological polar surface area (TPSA) is 83.6 Å². The number of carbonyl (C=O) groups excluding carboxylic acids is 1. The lowest BCUT2D eigenvalue weighted by molar-refractivity contribution is -0.148. The van der Waals surface area contributed by atoms with Crippen molar-refractivity contribution in [3.8, 4) is 0 Å². The number of hydrogen-bond donors (Lipinski definition) is 2. The first-order valence-corrected chi connectivity index (χ1v) is 6.04. The minimum atomic E-state index is -0.937. The van der Waals surface area contributed by atoms with Crippen LogP contribution in [0.25, 0.3) is 0 Å². The van der Waals surface area contributed by atoms with E-state index in [0.29, 0.717) is 6.42 Å². The normalized spacial score (nSPS) is 25.8. The summed E-state index contributed by atoms with van der Waals surface area (Å²) < 4.78 is 0. The van der Waals surface area contributed by atoms with Gasteiger partial charge in [0.1, 0.15) is 6.04 Å². The molecule has 2 atom stereocenters. The highest BCUT2D eigenvalue weighted by Crippen LogP contribution is 2.38. The van der Waals surface area contributed by atoms with Crippen LogP contribution >= 0.6 is 0 Å². The predicted octanol–water partition coefficient (Wildman–Crippen LogP) is 0.847. The number of amides is 1. The second kappa shape index (κ2) is 4.49. The number of hydrogen-bond acceptors (Lipinski definition) is 3. The summed E-state index contributed by atoms with van der Waals surface area (Å²) in [6.07, 6.45) is 4.31. The molecule has 0 spiro atoms. The maximum atomic E-state index is 12.0. The Balaban J connectivity index is 2.31. The molecule has 0 saturated heterocycles. The predicted molar refractivity (Wildman–Crippen MR) is 62.0 cm³/mol. The molecule has 94 valence electrons. The van der Waals surface area contributed by atoms with Gasteiger partial charge in [0.15, 0.2) is 0 Å². The molecule has 5 nitrogen and oxygen atoms in total. The average molecular weight is 238 g/mol. The van der Waals surface area contributed by atoms with Crippen LogP contribution in [0, 0.1) is 0 Å². The number of nitrogens with two attached hydrogens (primary N) is 1. The molecule has 1 amide bonds. The minimum Gasteiger partial charge on any atom is -0.480 e. The van der Waals surface area contributed by atoms with Crippen molar-refractivity contribution in [3.63, 3.8) is 0 Å². The summed E-state index contributed by atoms with van der Waals surface area (Å²) in [7, 11) is 0. The fourth-order valence-corrected chi connectivity index (χ4v) is 2.68. The molecule has 0 fully saturated rings. The Kier molecular flexibility index (Phi) is 3.19. The summed E-state index contributed by atoms with van der Waals surface area (Å²) in [6, 6.07) is -1.39. The third-order valence-electron chi connectivity index (χ3n) is 3.50. The SMILES string of the molecule is C[C@H](N)C(=O)N1C2=C(CCCC2)C[C@H]1C(=O)O. The van der Waals surface area contributed by atoms with E-state index in [4.69, 9.17) is 5.73 Å². The van der Waals surface area contributed by atoms with Crippen molar-refractivity contribution in [1.29, 1.82) is 0 Å². The van der Waals surface area contributed by atoms with Crippen molar-refractivity contribution >= 4 is 11.9 Å². The molecule has 2 rings (SSSR count). The number of nitrogens with zero attached hydrogens (tertiary/aromatic N) is 1. The van der Waals surface area contributed by atoms with Gasteiger partial charge in [-0.05, 0) is 38.2 Å². The molecule has 2 aliphatic rings. The van der Waals surface area contributed by atoms with Gasteiger partial charge < -0.3 is 15.7 Å². The summed E-state index contributed by atoms with van der Waals surface area (Å²) in [5, 5.41) is 9.20. The third-order valence-corrected chi connectivity index (χ3v) is 3.50. The van der Waals surface area contributed by atoms with Gasteiger partial charge in [-0.1, -0.05) is 0 Å². The first kappa shape index (κ1) is 12.1. The van der Waals surface area contributed by atoms with Crippen LogP contribution in [-0.2, 0) is 9.59 Å². The van der Waals surface area contributed by atoms with Crippen LogP contribution in [0.5, 0.6) is 0 Å². The van der Waals surface area contributed by atoms with Gasteiger partial charge in [-0.25, -0.2) is 4.79 Å². The summed E-state index contributed by atoms with van der Waals surface area (Å²) in [4.78, 5) is 24.7. The van der Waals surface area contributed by atoms with Crippen LogP contribution in [0.3, 0.4) is 0 Å². The number of carbonyl (C=O) groups is 2.